The lowest BCUT2D eigenvalue weighted by atomic mass is 10.1. The number of hydrogen-bond donors (Lipinski definition) is 2. The Bertz CT molecular complexity index is 1180. The Morgan fingerprint density at radius 1 is 1.07 bits per heavy atom. The van der Waals surface area contributed by atoms with Crippen LogP contribution < -0.4 is 10.6 Å². The average Bonchev–Trinajstić information content (AvgIpc) is 3.18. The lowest BCUT2D eigenvalue weighted by molar-refractivity contribution is -0.112. The van der Waals surface area contributed by atoms with Gasteiger partial charge in [-0.1, -0.05) is 5.10 Å². The van der Waals surface area contributed by atoms with Crippen LogP contribution in [0.3, 0.4) is 0 Å². The largest absolute Gasteiger partial charge is 0.408 e. The van der Waals surface area contributed by atoms with Gasteiger partial charge in [0.05, 0.1) is 11.3 Å². The number of aromatic nitrogens is 3. The van der Waals surface area contributed by atoms with Gasteiger partial charge in [-0.15, -0.1) is 5.10 Å². The fourth-order valence-electron chi connectivity index (χ4n) is 3.16. The van der Waals surface area contributed by atoms with Gasteiger partial charge in [0, 0.05) is 25.4 Å². The molecule has 0 spiro atoms. The van der Waals surface area contributed by atoms with E-state index in [2.05, 4.69) is 20.8 Å². The molecule has 0 atom stereocenters. The molecule has 0 aliphatic carbocycles. The summed E-state index contributed by atoms with van der Waals surface area (Å²) < 4.78 is 20.0. The second-order valence-electron chi connectivity index (χ2n) is 6.82. The van der Waals surface area contributed by atoms with E-state index in [1.807, 2.05) is 0 Å². The van der Waals surface area contributed by atoms with Gasteiger partial charge in [-0.05, 0) is 50.1 Å². The maximum atomic E-state index is 13.5. The molecule has 0 fully saturated rings. The van der Waals surface area contributed by atoms with Crippen molar-refractivity contribution in [1.29, 1.82) is 0 Å². The van der Waals surface area contributed by atoms with Gasteiger partial charge in [0.15, 0.2) is 0 Å². The van der Waals surface area contributed by atoms with Crippen molar-refractivity contribution >= 4 is 29.3 Å². The van der Waals surface area contributed by atoms with Crippen LogP contribution in [-0.2, 0) is 11.8 Å². The first-order chi connectivity index (χ1) is 14.1. The first-order valence-corrected chi connectivity index (χ1v) is 8.99. The van der Waals surface area contributed by atoms with Crippen LogP contribution >= 0.6 is 0 Å². The normalized spacial score (nSPS) is 10.7. The molecule has 2 N–H and O–H groups in total. The van der Waals surface area contributed by atoms with Crippen LogP contribution in [0.25, 0.3) is 0 Å². The summed E-state index contributed by atoms with van der Waals surface area (Å²) in [6.07, 6.45) is 0. The number of nitrogens with zero attached hydrogens (tertiary/aromatic N) is 3. The highest BCUT2D eigenvalue weighted by atomic mass is 19.1. The molecular formula is C20H20FN5O4. The van der Waals surface area contributed by atoms with Gasteiger partial charge in [0.2, 0.25) is 5.89 Å². The van der Waals surface area contributed by atoms with Crippen molar-refractivity contribution in [3.8, 4) is 0 Å². The number of carbonyl (C=O) groups excluding carboxylic acids is 3. The number of Topliss-reactive ketones (excluding diaryl/α,β-unsaturated/α-hetero) is 1. The average molecular weight is 413 g/mol. The first kappa shape index (κ1) is 20.9. The summed E-state index contributed by atoms with van der Waals surface area (Å²) in [5.41, 5.74) is 1.95. The summed E-state index contributed by atoms with van der Waals surface area (Å²) in [5.74, 6) is -2.44. The third-order valence-electron chi connectivity index (χ3n) is 4.74. The molecule has 0 aliphatic heterocycles. The van der Waals surface area contributed by atoms with E-state index >= 15 is 0 Å². The standard InChI is InChI=1S/C20H20FN5O4/c1-9-8-13(6-7-14(9)21)22-18(28)15-10(2)16(26(5)11(15)3)17(27)19(29)23-20-25-24-12(4)30-20/h6-8H,1-5H3,(H,22,28)(H,23,25,29). The highest BCUT2D eigenvalue weighted by Gasteiger charge is 2.29. The molecule has 2 aromatic heterocycles. The van der Waals surface area contributed by atoms with Gasteiger partial charge in [-0.2, -0.15) is 0 Å². The summed E-state index contributed by atoms with van der Waals surface area (Å²) in [4.78, 5) is 37.9. The highest BCUT2D eigenvalue weighted by Crippen LogP contribution is 2.24. The number of anilines is 2. The van der Waals surface area contributed by atoms with E-state index in [0.29, 0.717) is 22.5 Å². The van der Waals surface area contributed by atoms with Crippen molar-refractivity contribution < 1.29 is 23.2 Å². The maximum absolute atomic E-state index is 13.5. The van der Waals surface area contributed by atoms with Gasteiger partial charge in [0.1, 0.15) is 5.82 Å². The molecule has 0 bridgehead atoms. The van der Waals surface area contributed by atoms with Gasteiger partial charge in [0.25, 0.3) is 11.7 Å². The number of benzene rings is 1. The van der Waals surface area contributed by atoms with Crippen LogP contribution in [0, 0.1) is 33.5 Å². The number of rotatable bonds is 5. The first-order valence-electron chi connectivity index (χ1n) is 8.99. The number of amides is 2. The summed E-state index contributed by atoms with van der Waals surface area (Å²) in [6.45, 7) is 6.37. The Labute approximate surface area is 171 Å². The van der Waals surface area contributed by atoms with E-state index in [1.165, 1.54) is 22.8 Å². The fraction of sp³-hybridized carbons (Fsp3) is 0.250. The SMILES string of the molecule is Cc1nnc(NC(=O)C(=O)c2c(C)c(C(=O)Nc3ccc(F)c(C)c3)c(C)n2C)o1. The summed E-state index contributed by atoms with van der Waals surface area (Å²) in [5, 5.41) is 12.1. The van der Waals surface area contributed by atoms with Crippen molar-refractivity contribution in [2.45, 2.75) is 27.7 Å². The van der Waals surface area contributed by atoms with Crippen molar-refractivity contribution in [1.82, 2.24) is 14.8 Å². The lowest BCUT2D eigenvalue weighted by Gasteiger charge is -2.07. The second kappa shape index (κ2) is 7.90. The Balaban J connectivity index is 1.88. The highest BCUT2D eigenvalue weighted by molar-refractivity contribution is 6.46. The minimum Gasteiger partial charge on any atom is -0.408 e. The van der Waals surface area contributed by atoms with E-state index in [4.69, 9.17) is 4.42 Å². The minimum atomic E-state index is -0.969. The summed E-state index contributed by atoms with van der Waals surface area (Å²) in [6, 6.07) is 4.01. The molecule has 2 amide bonds. The quantitative estimate of drug-likeness (QED) is 0.490. The van der Waals surface area contributed by atoms with E-state index < -0.39 is 17.6 Å². The zero-order chi connectivity index (χ0) is 22.2. The minimum absolute atomic E-state index is 0.0571. The molecule has 3 aromatic rings. The smallest absolute Gasteiger partial charge is 0.322 e. The number of carbonyl (C=O) groups is 3. The number of ketones is 1. The Morgan fingerprint density at radius 2 is 1.77 bits per heavy atom. The van der Waals surface area contributed by atoms with Crippen molar-refractivity contribution in [3.63, 3.8) is 0 Å². The van der Waals surface area contributed by atoms with Gasteiger partial charge in [-0.3, -0.25) is 19.7 Å². The fourth-order valence-corrected chi connectivity index (χ4v) is 3.16. The third-order valence-corrected chi connectivity index (χ3v) is 4.74. The molecular weight excluding hydrogens is 393 g/mol. The van der Waals surface area contributed by atoms with Gasteiger partial charge >= 0.3 is 11.9 Å². The Hall–Kier alpha value is -3.82. The van der Waals surface area contributed by atoms with Crippen LogP contribution in [0.5, 0.6) is 0 Å². The molecule has 1 aromatic carbocycles. The molecule has 0 saturated heterocycles. The molecule has 2 heterocycles. The summed E-state index contributed by atoms with van der Waals surface area (Å²) >= 11 is 0. The van der Waals surface area contributed by atoms with Crippen molar-refractivity contribution in [2.75, 3.05) is 10.6 Å². The maximum Gasteiger partial charge on any atom is 0.322 e. The van der Waals surface area contributed by atoms with Crippen LogP contribution in [-0.4, -0.2) is 32.4 Å². The van der Waals surface area contributed by atoms with E-state index in [0.717, 1.165) is 0 Å². The molecule has 0 saturated carbocycles. The van der Waals surface area contributed by atoms with Gasteiger partial charge < -0.3 is 14.3 Å². The van der Waals surface area contributed by atoms with Crippen LogP contribution in [0.15, 0.2) is 22.6 Å². The van der Waals surface area contributed by atoms with Gasteiger partial charge in [-0.25, -0.2) is 4.39 Å². The molecule has 3 rings (SSSR count). The molecule has 30 heavy (non-hydrogen) atoms. The van der Waals surface area contributed by atoms with Crippen molar-refractivity contribution in [3.05, 3.63) is 58.0 Å². The second-order valence-corrected chi connectivity index (χ2v) is 6.82. The Morgan fingerprint density at radius 3 is 2.37 bits per heavy atom. The molecule has 0 aliphatic rings. The van der Waals surface area contributed by atoms with E-state index in [9.17, 15) is 18.8 Å². The molecule has 10 heteroatoms. The number of nitrogens with one attached hydrogen (secondary N) is 2. The number of hydrogen-bond acceptors (Lipinski definition) is 6. The van der Waals surface area contributed by atoms with Crippen LogP contribution in [0.2, 0.25) is 0 Å². The number of halogens is 1. The Kier molecular flexibility index (Phi) is 5.50. The number of aryl methyl sites for hydroxylation is 2. The molecule has 9 nitrogen and oxygen atoms in total. The zero-order valence-corrected chi connectivity index (χ0v) is 17.1. The van der Waals surface area contributed by atoms with Crippen LogP contribution in [0.4, 0.5) is 16.1 Å². The van der Waals surface area contributed by atoms with E-state index in [-0.39, 0.29) is 29.0 Å². The third kappa shape index (κ3) is 3.84. The zero-order valence-electron chi connectivity index (χ0n) is 17.1. The topological polar surface area (TPSA) is 119 Å². The molecule has 0 unspecified atom stereocenters. The lowest BCUT2D eigenvalue weighted by Crippen LogP contribution is -2.25. The van der Waals surface area contributed by atoms with Crippen LogP contribution in [0.1, 0.15) is 43.6 Å². The molecule has 0 radical (unpaired) electrons. The monoisotopic (exact) mass is 413 g/mol. The molecule has 156 valence electrons. The predicted octanol–water partition coefficient (Wildman–Crippen LogP) is 2.85. The summed E-state index contributed by atoms with van der Waals surface area (Å²) in [7, 11) is 1.58. The van der Waals surface area contributed by atoms with E-state index in [1.54, 1.807) is 34.7 Å². The van der Waals surface area contributed by atoms with Crippen molar-refractivity contribution in [2.24, 2.45) is 7.05 Å². The predicted molar refractivity (Wildman–Crippen MR) is 106 cm³/mol.